The number of methoxy groups -OCH3 is 1. The van der Waals surface area contributed by atoms with Gasteiger partial charge in [0.2, 0.25) is 10.0 Å². The highest BCUT2D eigenvalue weighted by molar-refractivity contribution is 7.89. The number of ether oxygens (including phenoxy) is 1. The van der Waals surface area contributed by atoms with E-state index in [9.17, 15) is 13.2 Å². The minimum atomic E-state index is -3.82. The molecule has 2 aromatic rings. The van der Waals surface area contributed by atoms with Gasteiger partial charge in [-0.15, -0.1) is 0 Å². The first kappa shape index (κ1) is 18.6. The summed E-state index contributed by atoms with van der Waals surface area (Å²) in [7, 11) is -2.56. The van der Waals surface area contributed by atoms with Gasteiger partial charge in [0, 0.05) is 0 Å². The maximum Gasteiger partial charge on any atom is 0.324 e. The largest absolute Gasteiger partial charge is 0.468 e. The number of aryl methyl sites for hydroxylation is 2. The van der Waals surface area contributed by atoms with Crippen molar-refractivity contribution in [1.82, 2.24) is 4.72 Å². The molecule has 0 saturated carbocycles. The van der Waals surface area contributed by atoms with E-state index >= 15 is 0 Å². The Kier molecular flexibility index (Phi) is 5.74. The quantitative estimate of drug-likeness (QED) is 0.790. The van der Waals surface area contributed by atoms with Crippen molar-refractivity contribution in [2.75, 3.05) is 7.11 Å². The van der Waals surface area contributed by atoms with Crippen LogP contribution in [0.4, 0.5) is 0 Å². The van der Waals surface area contributed by atoms with Gasteiger partial charge in [0.05, 0.1) is 12.0 Å². The number of benzene rings is 2. The van der Waals surface area contributed by atoms with E-state index in [-0.39, 0.29) is 11.3 Å². The number of hydrogen-bond acceptors (Lipinski definition) is 4. The molecule has 2 aromatic carbocycles. The van der Waals surface area contributed by atoms with Crippen molar-refractivity contribution in [2.24, 2.45) is 0 Å². The maximum atomic E-state index is 12.8. The van der Waals surface area contributed by atoms with Crippen LogP contribution in [0.5, 0.6) is 0 Å². The molecule has 0 unspecified atom stereocenters. The van der Waals surface area contributed by atoms with Gasteiger partial charge in [-0.1, -0.05) is 36.4 Å². The van der Waals surface area contributed by atoms with Crippen molar-refractivity contribution in [3.05, 3.63) is 65.2 Å². The molecule has 0 spiro atoms. The minimum absolute atomic E-state index is 0.195. The molecule has 0 aliphatic heterocycles. The van der Waals surface area contributed by atoms with E-state index in [0.717, 1.165) is 36.8 Å². The zero-order chi connectivity index (χ0) is 18.6. The van der Waals surface area contributed by atoms with Crippen LogP contribution in [0.3, 0.4) is 0 Å². The molecule has 0 heterocycles. The molecule has 3 rings (SSSR count). The molecule has 0 amide bonds. The van der Waals surface area contributed by atoms with Crippen LogP contribution in [0.25, 0.3) is 0 Å². The zero-order valence-corrected chi connectivity index (χ0v) is 15.6. The summed E-state index contributed by atoms with van der Waals surface area (Å²) in [5, 5.41) is 0. The Morgan fingerprint density at radius 1 is 1.08 bits per heavy atom. The van der Waals surface area contributed by atoms with Crippen molar-refractivity contribution in [2.45, 2.75) is 43.0 Å². The predicted octanol–water partition coefficient (Wildman–Crippen LogP) is 2.63. The molecule has 1 aliphatic rings. The highest BCUT2D eigenvalue weighted by Gasteiger charge is 2.27. The molecule has 1 N–H and O–H groups in total. The van der Waals surface area contributed by atoms with Crippen LogP contribution in [0.1, 0.15) is 29.5 Å². The smallest absolute Gasteiger partial charge is 0.324 e. The van der Waals surface area contributed by atoms with Gasteiger partial charge in [-0.25, -0.2) is 8.42 Å². The lowest BCUT2D eigenvalue weighted by atomic mass is 9.92. The Balaban J connectivity index is 1.83. The summed E-state index contributed by atoms with van der Waals surface area (Å²) in [5.74, 6) is -0.601. The monoisotopic (exact) mass is 373 g/mol. The standard InChI is InChI=1S/C20H23NO4S/c1-25-20(22)19(13-15-7-3-2-4-8-15)21-26(23,24)18-12-11-16-9-5-6-10-17(16)14-18/h2-4,7-8,11-12,14,19,21H,5-6,9-10,13H2,1H3/t19-/m0/s1. The van der Waals surface area contributed by atoms with Crippen molar-refractivity contribution >= 4 is 16.0 Å². The Morgan fingerprint density at radius 3 is 2.46 bits per heavy atom. The van der Waals surface area contributed by atoms with Gasteiger partial charge in [0.1, 0.15) is 6.04 Å². The number of rotatable bonds is 6. The van der Waals surface area contributed by atoms with Gasteiger partial charge in [-0.3, -0.25) is 4.79 Å². The highest BCUT2D eigenvalue weighted by atomic mass is 32.2. The second kappa shape index (κ2) is 8.01. The highest BCUT2D eigenvalue weighted by Crippen LogP contribution is 2.24. The molecule has 1 aliphatic carbocycles. The molecule has 0 saturated heterocycles. The summed E-state index contributed by atoms with van der Waals surface area (Å²) in [6.07, 6.45) is 4.32. The normalized spacial score (nSPS) is 15.1. The molecule has 0 bridgehead atoms. The fraction of sp³-hybridized carbons (Fsp3) is 0.350. The van der Waals surface area contributed by atoms with Gasteiger partial charge < -0.3 is 4.74 Å². The molecule has 138 valence electrons. The first-order chi connectivity index (χ1) is 12.5. The van der Waals surface area contributed by atoms with E-state index in [4.69, 9.17) is 4.74 Å². The van der Waals surface area contributed by atoms with Crippen molar-refractivity contribution < 1.29 is 17.9 Å². The minimum Gasteiger partial charge on any atom is -0.468 e. The van der Waals surface area contributed by atoms with Crippen LogP contribution in [-0.2, 0) is 38.8 Å². The first-order valence-corrected chi connectivity index (χ1v) is 10.2. The van der Waals surface area contributed by atoms with Crippen LogP contribution in [0, 0.1) is 0 Å². The van der Waals surface area contributed by atoms with E-state index < -0.39 is 22.0 Å². The molecule has 5 nitrogen and oxygen atoms in total. The lowest BCUT2D eigenvalue weighted by Gasteiger charge is -2.19. The second-order valence-corrected chi connectivity index (χ2v) is 8.24. The maximum absolute atomic E-state index is 12.8. The lowest BCUT2D eigenvalue weighted by Crippen LogP contribution is -2.43. The van der Waals surface area contributed by atoms with Crippen LogP contribution < -0.4 is 4.72 Å². The molecule has 26 heavy (non-hydrogen) atoms. The summed E-state index contributed by atoms with van der Waals surface area (Å²) in [5.41, 5.74) is 3.15. The summed E-state index contributed by atoms with van der Waals surface area (Å²) < 4.78 is 32.9. The van der Waals surface area contributed by atoms with E-state index in [1.54, 1.807) is 12.1 Å². The average molecular weight is 373 g/mol. The summed E-state index contributed by atoms with van der Waals surface area (Å²) >= 11 is 0. The van der Waals surface area contributed by atoms with Gasteiger partial charge in [-0.2, -0.15) is 4.72 Å². The third kappa shape index (κ3) is 4.31. The Morgan fingerprint density at radius 2 is 1.77 bits per heavy atom. The number of esters is 1. The molecule has 0 fully saturated rings. The van der Waals surface area contributed by atoms with E-state index in [1.165, 1.54) is 12.7 Å². The van der Waals surface area contributed by atoms with Crippen LogP contribution in [0.2, 0.25) is 0 Å². The van der Waals surface area contributed by atoms with Crippen molar-refractivity contribution in [1.29, 1.82) is 0 Å². The molecular formula is C20H23NO4S. The predicted molar refractivity (Wildman–Crippen MR) is 99.4 cm³/mol. The lowest BCUT2D eigenvalue weighted by molar-refractivity contribution is -0.142. The van der Waals surface area contributed by atoms with Gasteiger partial charge in [-0.05, 0) is 60.9 Å². The van der Waals surface area contributed by atoms with E-state index in [1.807, 2.05) is 36.4 Å². The number of fused-ring (bicyclic) bond motifs is 1. The molecule has 0 radical (unpaired) electrons. The van der Waals surface area contributed by atoms with Crippen LogP contribution >= 0.6 is 0 Å². The van der Waals surface area contributed by atoms with Gasteiger partial charge >= 0.3 is 5.97 Å². The van der Waals surface area contributed by atoms with Crippen molar-refractivity contribution in [3.8, 4) is 0 Å². The average Bonchev–Trinajstić information content (AvgIpc) is 2.67. The summed E-state index contributed by atoms with van der Waals surface area (Å²) in [6.45, 7) is 0. The second-order valence-electron chi connectivity index (χ2n) is 6.52. The van der Waals surface area contributed by atoms with E-state index in [0.29, 0.717) is 0 Å². The van der Waals surface area contributed by atoms with Crippen LogP contribution in [-0.4, -0.2) is 27.5 Å². The zero-order valence-electron chi connectivity index (χ0n) is 14.8. The SMILES string of the molecule is COC(=O)[C@H](Cc1ccccc1)NS(=O)(=O)c1ccc2c(c1)CCCC2. The third-order valence-electron chi connectivity index (χ3n) is 4.70. The fourth-order valence-electron chi connectivity index (χ4n) is 3.30. The molecule has 1 atom stereocenters. The molecular weight excluding hydrogens is 350 g/mol. The van der Waals surface area contributed by atoms with Crippen LogP contribution in [0.15, 0.2) is 53.4 Å². The van der Waals surface area contributed by atoms with E-state index in [2.05, 4.69) is 4.72 Å². The van der Waals surface area contributed by atoms with Gasteiger partial charge in [0.25, 0.3) is 0 Å². The molecule has 6 heteroatoms. The summed E-state index contributed by atoms with van der Waals surface area (Å²) in [6, 6.07) is 13.5. The number of nitrogens with one attached hydrogen (secondary N) is 1. The Hall–Kier alpha value is -2.18. The number of carbonyl (C=O) groups excluding carboxylic acids is 1. The van der Waals surface area contributed by atoms with Gasteiger partial charge in [0.15, 0.2) is 0 Å². The topological polar surface area (TPSA) is 72.5 Å². The fourth-order valence-corrected chi connectivity index (χ4v) is 4.53. The Labute approximate surface area is 154 Å². The van der Waals surface area contributed by atoms with Crippen molar-refractivity contribution in [3.63, 3.8) is 0 Å². The number of hydrogen-bond donors (Lipinski definition) is 1. The summed E-state index contributed by atoms with van der Waals surface area (Å²) in [4.78, 5) is 12.3. The number of carbonyl (C=O) groups is 1. The third-order valence-corrected chi connectivity index (χ3v) is 6.17. The first-order valence-electron chi connectivity index (χ1n) is 8.75. The number of sulfonamides is 1. The Bertz CT molecular complexity index is 878. The molecule has 0 aromatic heterocycles.